The summed E-state index contributed by atoms with van der Waals surface area (Å²) in [5.41, 5.74) is 0.470. The summed E-state index contributed by atoms with van der Waals surface area (Å²) >= 11 is 11.5. The van der Waals surface area contributed by atoms with Crippen LogP contribution in [-0.4, -0.2) is 50.2 Å². The van der Waals surface area contributed by atoms with Gasteiger partial charge in [0.2, 0.25) is 10.0 Å². The fourth-order valence-electron chi connectivity index (χ4n) is 2.58. The largest absolute Gasteiger partial charge is 0.379 e. The fourth-order valence-corrected chi connectivity index (χ4v) is 4.49. The maximum Gasteiger partial charge on any atom is 0.243 e. The Morgan fingerprint density at radius 2 is 2.08 bits per heavy atom. The number of hydrogen-bond donors (Lipinski definition) is 2. The Hall–Kier alpha value is -0.930. The third-order valence-electron chi connectivity index (χ3n) is 3.89. The lowest BCUT2D eigenvalue weighted by molar-refractivity contribution is 0.0730. The first-order chi connectivity index (χ1) is 11.8. The SMILES string of the molecule is CCC[C@@H](C)NC(=S)Nc1cc(S(=O)(=O)N2CCOCC2)ccc1Cl. The number of ether oxygens (including phenoxy) is 1. The Morgan fingerprint density at radius 3 is 2.72 bits per heavy atom. The standard InChI is InChI=1S/C16H24ClN3O3S2/c1-3-4-12(2)18-16(24)19-15-11-13(5-6-14(15)17)25(21,22)20-7-9-23-10-8-20/h5-6,11-12H,3-4,7-10H2,1-2H3,(H2,18,19,24)/t12-/m1/s1. The van der Waals surface area contributed by atoms with Gasteiger partial charge < -0.3 is 15.4 Å². The zero-order valence-electron chi connectivity index (χ0n) is 14.4. The van der Waals surface area contributed by atoms with Crippen LogP contribution in [0.25, 0.3) is 0 Å². The molecule has 1 saturated heterocycles. The van der Waals surface area contributed by atoms with E-state index in [9.17, 15) is 8.42 Å². The van der Waals surface area contributed by atoms with Gasteiger partial charge in [-0.15, -0.1) is 0 Å². The molecule has 0 bridgehead atoms. The summed E-state index contributed by atoms with van der Waals surface area (Å²) in [6.07, 6.45) is 2.03. The Bertz CT molecular complexity index is 707. The Morgan fingerprint density at radius 1 is 1.40 bits per heavy atom. The number of sulfonamides is 1. The molecular formula is C16H24ClN3O3S2. The molecule has 1 aliphatic heterocycles. The first kappa shape index (κ1) is 20.4. The molecule has 0 radical (unpaired) electrons. The molecule has 1 aromatic rings. The van der Waals surface area contributed by atoms with Crippen molar-refractivity contribution in [1.82, 2.24) is 9.62 Å². The summed E-state index contributed by atoms with van der Waals surface area (Å²) in [6, 6.07) is 4.82. The minimum absolute atomic E-state index is 0.186. The molecule has 0 spiro atoms. The smallest absolute Gasteiger partial charge is 0.243 e. The number of anilines is 1. The minimum atomic E-state index is -3.58. The lowest BCUT2D eigenvalue weighted by Crippen LogP contribution is -2.40. The van der Waals surface area contributed by atoms with E-state index in [0.717, 1.165) is 12.8 Å². The molecule has 1 atom stereocenters. The average Bonchev–Trinajstić information content (AvgIpc) is 2.57. The van der Waals surface area contributed by atoms with Gasteiger partial charge in [-0.25, -0.2) is 8.42 Å². The third-order valence-corrected chi connectivity index (χ3v) is 6.34. The second-order valence-electron chi connectivity index (χ2n) is 5.95. The van der Waals surface area contributed by atoms with Gasteiger partial charge in [-0.05, 0) is 43.8 Å². The van der Waals surface area contributed by atoms with Crippen LogP contribution in [-0.2, 0) is 14.8 Å². The van der Waals surface area contributed by atoms with Crippen LogP contribution in [0.4, 0.5) is 5.69 Å². The Balaban J connectivity index is 2.15. The van der Waals surface area contributed by atoms with Crippen molar-refractivity contribution in [2.45, 2.75) is 37.6 Å². The van der Waals surface area contributed by atoms with Gasteiger partial charge in [-0.1, -0.05) is 24.9 Å². The normalized spacial score (nSPS) is 17.1. The first-order valence-electron chi connectivity index (χ1n) is 8.29. The van der Waals surface area contributed by atoms with Crippen molar-refractivity contribution in [2.24, 2.45) is 0 Å². The lowest BCUT2D eigenvalue weighted by atomic mass is 10.2. The van der Waals surface area contributed by atoms with Gasteiger partial charge in [-0.2, -0.15) is 4.31 Å². The van der Waals surface area contributed by atoms with Gasteiger partial charge in [0.25, 0.3) is 0 Å². The third kappa shape index (κ3) is 5.52. The van der Waals surface area contributed by atoms with E-state index in [1.54, 1.807) is 6.07 Å². The highest BCUT2D eigenvalue weighted by atomic mass is 35.5. The summed E-state index contributed by atoms with van der Waals surface area (Å²) in [5, 5.41) is 6.99. The predicted octanol–water partition coefficient (Wildman–Crippen LogP) is 2.84. The molecule has 0 aliphatic carbocycles. The van der Waals surface area contributed by atoms with Crippen LogP contribution in [0.15, 0.2) is 23.1 Å². The molecule has 1 heterocycles. The van der Waals surface area contributed by atoms with Crippen LogP contribution in [0.2, 0.25) is 5.02 Å². The highest BCUT2D eigenvalue weighted by Crippen LogP contribution is 2.27. The number of halogens is 1. The zero-order chi connectivity index (χ0) is 18.4. The monoisotopic (exact) mass is 405 g/mol. The Kier molecular flexibility index (Phi) is 7.45. The molecular weight excluding hydrogens is 382 g/mol. The van der Waals surface area contributed by atoms with Crippen LogP contribution < -0.4 is 10.6 Å². The topological polar surface area (TPSA) is 70.7 Å². The van der Waals surface area contributed by atoms with E-state index in [1.807, 2.05) is 6.92 Å². The van der Waals surface area contributed by atoms with E-state index < -0.39 is 10.0 Å². The number of hydrogen-bond acceptors (Lipinski definition) is 4. The maximum absolute atomic E-state index is 12.8. The molecule has 2 rings (SSSR count). The molecule has 9 heteroatoms. The van der Waals surface area contributed by atoms with E-state index in [2.05, 4.69) is 17.6 Å². The number of thiocarbonyl (C=S) groups is 1. The molecule has 1 fully saturated rings. The first-order valence-corrected chi connectivity index (χ1v) is 10.5. The quantitative estimate of drug-likeness (QED) is 0.709. The molecule has 6 nitrogen and oxygen atoms in total. The van der Waals surface area contributed by atoms with Gasteiger partial charge >= 0.3 is 0 Å². The molecule has 25 heavy (non-hydrogen) atoms. The molecule has 0 aromatic heterocycles. The molecule has 0 saturated carbocycles. The number of nitrogens with one attached hydrogen (secondary N) is 2. The lowest BCUT2D eigenvalue weighted by Gasteiger charge is -2.26. The van der Waals surface area contributed by atoms with Crippen molar-refractivity contribution in [3.63, 3.8) is 0 Å². The number of rotatable bonds is 6. The minimum Gasteiger partial charge on any atom is -0.379 e. The van der Waals surface area contributed by atoms with Gasteiger partial charge in [0, 0.05) is 19.1 Å². The number of nitrogens with zero attached hydrogens (tertiary/aromatic N) is 1. The van der Waals surface area contributed by atoms with E-state index in [4.69, 9.17) is 28.6 Å². The Labute approximate surface area is 159 Å². The predicted molar refractivity (Wildman–Crippen MR) is 105 cm³/mol. The van der Waals surface area contributed by atoms with Crippen molar-refractivity contribution >= 4 is 44.6 Å². The van der Waals surface area contributed by atoms with E-state index in [0.29, 0.717) is 42.1 Å². The van der Waals surface area contributed by atoms with Crippen molar-refractivity contribution in [3.8, 4) is 0 Å². The average molecular weight is 406 g/mol. The van der Waals surface area contributed by atoms with E-state index in [-0.39, 0.29) is 10.9 Å². The van der Waals surface area contributed by atoms with Crippen LogP contribution in [0.5, 0.6) is 0 Å². The van der Waals surface area contributed by atoms with Gasteiger partial charge in [0.15, 0.2) is 5.11 Å². The second kappa shape index (κ2) is 9.14. The molecule has 0 amide bonds. The maximum atomic E-state index is 12.8. The van der Waals surface area contributed by atoms with Crippen LogP contribution in [0.1, 0.15) is 26.7 Å². The van der Waals surface area contributed by atoms with Crippen LogP contribution >= 0.6 is 23.8 Å². The molecule has 2 N–H and O–H groups in total. The molecule has 140 valence electrons. The van der Waals surface area contributed by atoms with Gasteiger partial charge in [0.1, 0.15) is 0 Å². The van der Waals surface area contributed by atoms with E-state index >= 15 is 0 Å². The number of benzene rings is 1. The summed E-state index contributed by atoms with van der Waals surface area (Å²) in [4.78, 5) is 0.186. The number of morpholine rings is 1. The summed E-state index contributed by atoms with van der Waals surface area (Å²) in [5.74, 6) is 0. The van der Waals surface area contributed by atoms with Crippen molar-refractivity contribution in [3.05, 3.63) is 23.2 Å². The van der Waals surface area contributed by atoms with E-state index in [1.165, 1.54) is 16.4 Å². The zero-order valence-corrected chi connectivity index (χ0v) is 16.8. The highest BCUT2D eigenvalue weighted by molar-refractivity contribution is 7.89. The summed E-state index contributed by atoms with van der Waals surface area (Å²) in [7, 11) is -3.58. The van der Waals surface area contributed by atoms with Gasteiger partial charge in [0.05, 0.1) is 28.8 Å². The van der Waals surface area contributed by atoms with Crippen molar-refractivity contribution < 1.29 is 13.2 Å². The van der Waals surface area contributed by atoms with Crippen LogP contribution in [0, 0.1) is 0 Å². The fraction of sp³-hybridized carbons (Fsp3) is 0.562. The molecule has 1 aliphatic rings. The van der Waals surface area contributed by atoms with Crippen molar-refractivity contribution in [1.29, 1.82) is 0 Å². The van der Waals surface area contributed by atoms with Crippen LogP contribution in [0.3, 0.4) is 0 Å². The molecule has 1 aromatic carbocycles. The van der Waals surface area contributed by atoms with Gasteiger partial charge in [-0.3, -0.25) is 0 Å². The highest BCUT2D eigenvalue weighted by Gasteiger charge is 2.27. The summed E-state index contributed by atoms with van der Waals surface area (Å²) in [6.45, 7) is 5.65. The van der Waals surface area contributed by atoms with Crippen molar-refractivity contribution in [2.75, 3.05) is 31.6 Å². The molecule has 0 unspecified atom stereocenters. The summed E-state index contributed by atoms with van der Waals surface area (Å²) < 4.78 is 32.1. The second-order valence-corrected chi connectivity index (χ2v) is 8.70.